The zero-order valence-electron chi connectivity index (χ0n) is 8.25. The Labute approximate surface area is 119 Å². The van der Waals surface area contributed by atoms with E-state index in [0.717, 1.165) is 4.47 Å². The number of hydrogen-bond donors (Lipinski definition) is 0. The third-order valence-electron chi connectivity index (χ3n) is 1.88. The topological polar surface area (TPSA) is 22.1 Å². The first-order chi connectivity index (χ1) is 8.06. The van der Waals surface area contributed by atoms with Gasteiger partial charge in [0.1, 0.15) is 16.6 Å². The van der Waals surface area contributed by atoms with Crippen LogP contribution in [0.3, 0.4) is 0 Å². The standard InChI is InChI=1S/C11H5Br2ClFNO/c12-6-3-9(14)11(16-5-6)17-7-1-2-8(13)10(15)4-7/h1-5H. The summed E-state index contributed by atoms with van der Waals surface area (Å²) in [6, 6.07) is 6.08. The first kappa shape index (κ1) is 12.8. The van der Waals surface area contributed by atoms with E-state index in [1.54, 1.807) is 24.4 Å². The maximum Gasteiger partial charge on any atom is 0.238 e. The van der Waals surface area contributed by atoms with Gasteiger partial charge in [-0.15, -0.1) is 0 Å². The molecule has 0 atom stereocenters. The number of pyridine rings is 1. The fourth-order valence-corrected chi connectivity index (χ4v) is 2.04. The van der Waals surface area contributed by atoms with Gasteiger partial charge in [0.2, 0.25) is 5.88 Å². The second-order valence-corrected chi connectivity index (χ2v) is 5.30. The summed E-state index contributed by atoms with van der Waals surface area (Å²) in [4.78, 5) is 3.99. The molecule has 2 aromatic rings. The van der Waals surface area contributed by atoms with E-state index in [-0.39, 0.29) is 5.88 Å². The maximum atomic E-state index is 13.3. The number of ether oxygens (including phenoxy) is 1. The van der Waals surface area contributed by atoms with Gasteiger partial charge in [-0.05, 0) is 50.1 Å². The number of rotatable bonds is 2. The third-order valence-corrected chi connectivity index (χ3v) is 3.23. The number of halogens is 4. The highest BCUT2D eigenvalue weighted by molar-refractivity contribution is 9.10. The van der Waals surface area contributed by atoms with Gasteiger partial charge in [0.15, 0.2) is 0 Å². The van der Waals surface area contributed by atoms with Crippen molar-refractivity contribution >= 4 is 43.5 Å². The van der Waals surface area contributed by atoms with E-state index < -0.39 is 5.82 Å². The van der Waals surface area contributed by atoms with E-state index in [9.17, 15) is 4.39 Å². The van der Waals surface area contributed by atoms with Crippen LogP contribution in [0.15, 0.2) is 39.4 Å². The van der Waals surface area contributed by atoms with Crippen LogP contribution in [0, 0.1) is 5.82 Å². The van der Waals surface area contributed by atoms with Crippen molar-refractivity contribution in [3.8, 4) is 11.6 Å². The molecule has 0 radical (unpaired) electrons. The van der Waals surface area contributed by atoms with Crippen LogP contribution in [0.25, 0.3) is 0 Å². The zero-order chi connectivity index (χ0) is 12.4. The molecule has 1 heterocycles. The Bertz CT molecular complexity index is 565. The number of hydrogen-bond acceptors (Lipinski definition) is 2. The van der Waals surface area contributed by atoms with Crippen molar-refractivity contribution in [3.05, 3.63) is 50.2 Å². The van der Waals surface area contributed by atoms with Crippen LogP contribution >= 0.6 is 43.5 Å². The molecule has 6 heteroatoms. The van der Waals surface area contributed by atoms with Gasteiger partial charge < -0.3 is 4.74 Å². The third kappa shape index (κ3) is 3.18. The average Bonchev–Trinajstić information content (AvgIpc) is 2.27. The van der Waals surface area contributed by atoms with Gasteiger partial charge >= 0.3 is 0 Å². The monoisotopic (exact) mass is 379 g/mol. The van der Waals surface area contributed by atoms with Crippen LogP contribution in [-0.2, 0) is 0 Å². The second kappa shape index (κ2) is 5.33. The molecule has 2 rings (SSSR count). The van der Waals surface area contributed by atoms with Crippen LogP contribution < -0.4 is 4.74 Å². The van der Waals surface area contributed by atoms with Gasteiger partial charge in [-0.1, -0.05) is 11.6 Å². The number of nitrogens with zero attached hydrogens (tertiary/aromatic N) is 1. The fraction of sp³-hybridized carbons (Fsp3) is 0. The minimum Gasteiger partial charge on any atom is -0.437 e. The largest absolute Gasteiger partial charge is 0.437 e. The summed E-state index contributed by atoms with van der Waals surface area (Å²) in [5.74, 6) is 0.162. The molecule has 0 amide bonds. The lowest BCUT2D eigenvalue weighted by atomic mass is 10.3. The molecule has 0 spiro atoms. The summed E-state index contributed by atoms with van der Waals surface area (Å²) in [7, 11) is 0. The molecule has 0 unspecified atom stereocenters. The Morgan fingerprint density at radius 3 is 2.65 bits per heavy atom. The summed E-state index contributed by atoms with van der Waals surface area (Å²) >= 11 is 12.2. The predicted molar refractivity (Wildman–Crippen MR) is 71.1 cm³/mol. The van der Waals surface area contributed by atoms with Gasteiger partial charge in [-0.3, -0.25) is 0 Å². The molecule has 0 aliphatic carbocycles. The minimum atomic E-state index is -0.407. The molecule has 0 fully saturated rings. The average molecular weight is 381 g/mol. The zero-order valence-corrected chi connectivity index (χ0v) is 12.2. The van der Waals surface area contributed by atoms with Crippen molar-refractivity contribution in [3.63, 3.8) is 0 Å². The van der Waals surface area contributed by atoms with Crippen molar-refractivity contribution in [2.24, 2.45) is 0 Å². The normalized spacial score (nSPS) is 10.4. The van der Waals surface area contributed by atoms with Crippen molar-refractivity contribution in [2.75, 3.05) is 0 Å². The molecular formula is C11H5Br2ClFNO. The Kier molecular flexibility index (Phi) is 4.01. The van der Waals surface area contributed by atoms with Gasteiger partial charge in [0, 0.05) is 16.7 Å². The van der Waals surface area contributed by atoms with Crippen molar-refractivity contribution in [2.45, 2.75) is 0 Å². The summed E-state index contributed by atoms with van der Waals surface area (Å²) in [6.07, 6.45) is 1.55. The van der Waals surface area contributed by atoms with Crippen LogP contribution in [0.1, 0.15) is 0 Å². The van der Waals surface area contributed by atoms with Gasteiger partial charge in [0.25, 0.3) is 0 Å². The lowest BCUT2D eigenvalue weighted by molar-refractivity contribution is 0.458. The summed E-state index contributed by atoms with van der Waals surface area (Å²) in [5.41, 5.74) is 0. The first-order valence-corrected chi connectivity index (χ1v) is 6.46. The van der Waals surface area contributed by atoms with Gasteiger partial charge in [-0.25, -0.2) is 9.37 Å². The van der Waals surface area contributed by atoms with Gasteiger partial charge in [-0.2, -0.15) is 0 Å². The summed E-state index contributed by atoms with van der Waals surface area (Å²) < 4.78 is 19.8. The summed E-state index contributed by atoms with van der Waals surface area (Å²) in [5, 5.41) is 0.350. The second-order valence-electron chi connectivity index (χ2n) is 3.12. The molecule has 0 aliphatic rings. The minimum absolute atomic E-state index is 0.233. The SMILES string of the molecule is Fc1cc(Oc2ncc(Br)cc2Cl)ccc1Br. The smallest absolute Gasteiger partial charge is 0.238 e. The first-order valence-electron chi connectivity index (χ1n) is 4.50. The molecule has 1 aromatic heterocycles. The molecule has 1 aromatic carbocycles. The van der Waals surface area contributed by atoms with Crippen LogP contribution in [0.5, 0.6) is 11.6 Å². The number of aromatic nitrogens is 1. The molecule has 2 nitrogen and oxygen atoms in total. The van der Waals surface area contributed by atoms with Crippen molar-refractivity contribution < 1.29 is 9.13 Å². The van der Waals surface area contributed by atoms with E-state index in [4.69, 9.17) is 16.3 Å². The molecule has 88 valence electrons. The van der Waals surface area contributed by atoms with Gasteiger partial charge in [0.05, 0.1) is 4.47 Å². The van der Waals surface area contributed by atoms with Crippen molar-refractivity contribution in [1.82, 2.24) is 4.98 Å². The maximum absolute atomic E-state index is 13.3. The lowest BCUT2D eigenvalue weighted by Gasteiger charge is -2.06. The predicted octanol–water partition coefficient (Wildman–Crippen LogP) is 5.19. The Morgan fingerprint density at radius 1 is 1.24 bits per heavy atom. The highest BCUT2D eigenvalue weighted by Gasteiger charge is 2.07. The van der Waals surface area contributed by atoms with Crippen molar-refractivity contribution in [1.29, 1.82) is 0 Å². The van der Waals surface area contributed by atoms with E-state index in [1.165, 1.54) is 6.07 Å². The number of benzene rings is 1. The van der Waals surface area contributed by atoms with Crippen LogP contribution in [-0.4, -0.2) is 4.98 Å². The quantitative estimate of drug-likeness (QED) is 0.714. The highest BCUT2D eigenvalue weighted by atomic mass is 79.9. The van der Waals surface area contributed by atoms with Crippen LogP contribution in [0.2, 0.25) is 5.02 Å². The Hall–Kier alpha value is -0.650. The van der Waals surface area contributed by atoms with E-state index in [0.29, 0.717) is 15.2 Å². The van der Waals surface area contributed by atoms with Crippen LogP contribution in [0.4, 0.5) is 4.39 Å². The Balaban J connectivity index is 2.28. The van der Waals surface area contributed by atoms with E-state index >= 15 is 0 Å². The molecular weight excluding hydrogens is 376 g/mol. The molecule has 0 saturated carbocycles. The molecule has 0 aliphatic heterocycles. The summed E-state index contributed by atoms with van der Waals surface area (Å²) in [6.45, 7) is 0. The molecule has 0 bridgehead atoms. The molecule has 0 saturated heterocycles. The Morgan fingerprint density at radius 2 is 2.00 bits per heavy atom. The van der Waals surface area contributed by atoms with E-state index in [1.807, 2.05) is 0 Å². The molecule has 0 N–H and O–H groups in total. The highest BCUT2D eigenvalue weighted by Crippen LogP contribution is 2.30. The molecule has 17 heavy (non-hydrogen) atoms. The lowest BCUT2D eigenvalue weighted by Crippen LogP contribution is -1.90. The fourth-order valence-electron chi connectivity index (χ4n) is 1.13. The van der Waals surface area contributed by atoms with E-state index in [2.05, 4.69) is 36.8 Å².